The Labute approximate surface area is 312 Å². The average Bonchev–Trinajstić information content (AvgIpc) is 3.17. The van der Waals surface area contributed by atoms with Crippen LogP contribution in [-0.2, 0) is 19.4 Å². The number of aliphatic hydroxyl groups is 4. The fourth-order valence-electron chi connectivity index (χ4n) is 7.36. The summed E-state index contributed by atoms with van der Waals surface area (Å²) in [6, 6.07) is -1.02. The van der Waals surface area contributed by atoms with E-state index in [-0.39, 0.29) is 36.3 Å². The van der Waals surface area contributed by atoms with Crippen LogP contribution in [0.25, 0.3) is 0 Å². The zero-order valence-corrected chi connectivity index (χ0v) is 33.1. The number of nitrogens with zero attached hydrogens (tertiary/aromatic N) is 1. The molecule has 290 valence electrons. The van der Waals surface area contributed by atoms with Crippen molar-refractivity contribution >= 4 is 21.4 Å². The van der Waals surface area contributed by atoms with E-state index in [0.717, 1.165) is 12.8 Å². The van der Waals surface area contributed by atoms with Crippen molar-refractivity contribution in [3.63, 3.8) is 0 Å². The summed E-state index contributed by atoms with van der Waals surface area (Å²) in [7, 11) is -3.74. The zero-order chi connectivity index (χ0) is 38.9. The molecule has 4 N–H and O–H groups in total. The summed E-state index contributed by atoms with van der Waals surface area (Å²) < 4.78 is 26.0. The summed E-state index contributed by atoms with van der Waals surface area (Å²) in [5.74, 6) is -3.75. The number of allylic oxidation sites excluding steroid dienone is 10. The number of fused-ring (bicyclic) bond motifs is 1. The molecule has 1 heterocycles. The highest BCUT2D eigenvalue weighted by molar-refractivity contribution is 7.91. The molecule has 0 radical (unpaired) electrons. The van der Waals surface area contributed by atoms with E-state index in [9.17, 15) is 38.4 Å². The molecular formula is C42H63NO8S. The predicted molar refractivity (Wildman–Crippen MR) is 208 cm³/mol. The molecule has 0 bridgehead atoms. The van der Waals surface area contributed by atoms with Gasteiger partial charge < -0.3 is 20.4 Å². The second-order valence-corrected chi connectivity index (χ2v) is 18.2. The molecule has 1 aliphatic heterocycles. The van der Waals surface area contributed by atoms with Gasteiger partial charge in [-0.1, -0.05) is 113 Å². The molecule has 0 unspecified atom stereocenters. The first-order chi connectivity index (χ1) is 24.3. The van der Waals surface area contributed by atoms with Gasteiger partial charge in [0.1, 0.15) is 12.2 Å². The molecule has 0 aromatic heterocycles. The van der Waals surface area contributed by atoms with Gasteiger partial charge in [-0.3, -0.25) is 14.5 Å². The lowest BCUT2D eigenvalue weighted by Crippen LogP contribution is -2.63. The van der Waals surface area contributed by atoms with E-state index in [1.54, 1.807) is 30.9 Å². The average molecular weight is 742 g/mol. The Morgan fingerprint density at radius 2 is 1.33 bits per heavy atom. The Kier molecular flexibility index (Phi) is 16.4. The quantitative estimate of drug-likeness (QED) is 0.143. The molecule has 3 aliphatic rings. The fourth-order valence-corrected chi connectivity index (χ4v) is 8.95. The van der Waals surface area contributed by atoms with Gasteiger partial charge in [-0.15, -0.1) is 0 Å². The summed E-state index contributed by atoms with van der Waals surface area (Å²) in [6.45, 7) is 15.9. The lowest BCUT2D eigenvalue weighted by Gasteiger charge is -2.46. The molecule has 10 heteroatoms. The van der Waals surface area contributed by atoms with Gasteiger partial charge in [0.2, 0.25) is 0 Å². The smallest absolute Gasteiger partial charge is 0.189 e. The van der Waals surface area contributed by atoms with Crippen molar-refractivity contribution in [3.8, 4) is 0 Å². The molecule has 10 atom stereocenters. The minimum atomic E-state index is -3.74. The molecular weight excluding hydrogens is 679 g/mol. The van der Waals surface area contributed by atoms with E-state index in [1.807, 2.05) is 31.2 Å². The number of rotatable bonds is 14. The van der Waals surface area contributed by atoms with Gasteiger partial charge in [0.25, 0.3) is 0 Å². The maximum atomic E-state index is 13.7. The molecule has 1 saturated carbocycles. The SMILES string of the molecule is CC(=CC=C[C@@H](C)C=CCC(C)C)[C@H]1[C@@H](O)[C@@H]2[C@H](CS(=O)(=O)CCN2CC2=C[C@H](O)[C@H](C(C)=CC=C[C@H](C)C=CCC(C)C)[C@@H](O)C2=O)C(=O)[C@@H]1O. The Morgan fingerprint density at radius 1 is 0.808 bits per heavy atom. The third-order valence-corrected chi connectivity index (χ3v) is 12.1. The van der Waals surface area contributed by atoms with Gasteiger partial charge >= 0.3 is 0 Å². The van der Waals surface area contributed by atoms with Crippen LogP contribution >= 0.6 is 0 Å². The largest absolute Gasteiger partial charge is 0.391 e. The maximum absolute atomic E-state index is 13.7. The van der Waals surface area contributed by atoms with Gasteiger partial charge in [0.05, 0.1) is 29.6 Å². The van der Waals surface area contributed by atoms with Crippen molar-refractivity contribution in [1.82, 2.24) is 4.90 Å². The van der Waals surface area contributed by atoms with Crippen LogP contribution in [0.4, 0.5) is 0 Å². The highest BCUT2D eigenvalue weighted by Crippen LogP contribution is 2.38. The Balaban J connectivity index is 1.86. The van der Waals surface area contributed by atoms with Crippen molar-refractivity contribution < 1.29 is 38.4 Å². The molecule has 1 saturated heterocycles. The normalized spacial score (nSPS) is 32.4. The standard InChI is InChI=1S/C42H63NO8S/c1-26(2)13-9-15-28(5)17-11-19-30(7)35-34(44)23-32(38(45)41(35)48)24-43-21-22-52(50,51)25-33-37(43)40(47)36(42(49)39(33)46)31(8)20-12-18-29(6)16-10-14-27(3)4/h9-12,15-20,23,26-29,33-37,40-42,44,47-49H,13-14,21-22,24-25H2,1-8H3/t28-,29+,33+,34+,35+,36+,37+,40-,41-,42-/m1/s1. The van der Waals surface area contributed by atoms with Crippen LogP contribution in [0.15, 0.2) is 83.6 Å². The second-order valence-electron chi connectivity index (χ2n) is 16.0. The van der Waals surface area contributed by atoms with Gasteiger partial charge in [0.15, 0.2) is 21.4 Å². The Hall–Kier alpha value is -2.73. The summed E-state index contributed by atoms with van der Waals surface area (Å²) in [5, 5.41) is 45.3. The molecule has 0 amide bonds. The van der Waals surface area contributed by atoms with Gasteiger partial charge in [0, 0.05) is 36.5 Å². The van der Waals surface area contributed by atoms with Crippen LogP contribution in [0.1, 0.15) is 68.2 Å². The van der Waals surface area contributed by atoms with Crippen LogP contribution < -0.4 is 0 Å². The summed E-state index contributed by atoms with van der Waals surface area (Å²) in [6.07, 6.45) is 17.3. The zero-order valence-electron chi connectivity index (χ0n) is 32.3. The summed E-state index contributed by atoms with van der Waals surface area (Å²) in [4.78, 5) is 28.9. The minimum Gasteiger partial charge on any atom is -0.391 e. The van der Waals surface area contributed by atoms with Crippen LogP contribution in [-0.4, -0.2) is 100 Å². The summed E-state index contributed by atoms with van der Waals surface area (Å²) in [5.41, 5.74) is 1.27. The van der Waals surface area contributed by atoms with Gasteiger partial charge in [-0.2, -0.15) is 0 Å². The van der Waals surface area contributed by atoms with Crippen molar-refractivity contribution in [1.29, 1.82) is 0 Å². The number of ketones is 2. The number of hydrogen-bond acceptors (Lipinski definition) is 9. The molecule has 3 rings (SSSR count). The first-order valence-electron chi connectivity index (χ1n) is 18.8. The highest BCUT2D eigenvalue weighted by atomic mass is 32.2. The first-order valence-corrected chi connectivity index (χ1v) is 20.6. The number of sulfone groups is 1. The lowest BCUT2D eigenvalue weighted by atomic mass is 9.70. The number of carbonyl (C=O) groups excluding carboxylic acids is 2. The molecule has 0 aromatic carbocycles. The highest BCUT2D eigenvalue weighted by Gasteiger charge is 2.54. The van der Waals surface area contributed by atoms with E-state index in [2.05, 4.69) is 58.9 Å². The number of aliphatic hydroxyl groups excluding tert-OH is 4. The molecule has 2 aliphatic carbocycles. The van der Waals surface area contributed by atoms with Crippen LogP contribution in [0.3, 0.4) is 0 Å². The van der Waals surface area contributed by atoms with Crippen molar-refractivity contribution in [2.24, 2.45) is 41.4 Å². The third-order valence-electron chi connectivity index (χ3n) is 10.4. The van der Waals surface area contributed by atoms with E-state index in [4.69, 9.17) is 0 Å². The van der Waals surface area contributed by atoms with Crippen molar-refractivity contribution in [2.75, 3.05) is 24.6 Å². The number of carbonyl (C=O) groups is 2. The van der Waals surface area contributed by atoms with E-state index in [1.165, 1.54) is 6.08 Å². The molecule has 9 nitrogen and oxygen atoms in total. The maximum Gasteiger partial charge on any atom is 0.189 e. The van der Waals surface area contributed by atoms with Crippen LogP contribution in [0.2, 0.25) is 0 Å². The third kappa shape index (κ3) is 11.9. The van der Waals surface area contributed by atoms with Gasteiger partial charge in [-0.05, 0) is 56.4 Å². The van der Waals surface area contributed by atoms with Gasteiger partial charge in [-0.25, -0.2) is 8.42 Å². The number of Topliss-reactive ketones (excluding diaryl/α,β-unsaturated/α-hetero) is 2. The minimum absolute atomic E-state index is 0.0761. The lowest BCUT2D eigenvalue weighted by molar-refractivity contribution is -0.150. The van der Waals surface area contributed by atoms with Crippen LogP contribution in [0, 0.1) is 41.4 Å². The van der Waals surface area contributed by atoms with Crippen molar-refractivity contribution in [3.05, 3.63) is 83.6 Å². The second kappa shape index (κ2) is 19.6. The molecule has 0 aromatic rings. The van der Waals surface area contributed by atoms with E-state index in [0.29, 0.717) is 23.0 Å². The van der Waals surface area contributed by atoms with E-state index < -0.39 is 75.4 Å². The molecule has 52 heavy (non-hydrogen) atoms. The molecule has 2 fully saturated rings. The van der Waals surface area contributed by atoms with Crippen molar-refractivity contribution in [2.45, 2.75) is 98.7 Å². The monoisotopic (exact) mass is 741 g/mol. The Morgan fingerprint density at radius 3 is 1.85 bits per heavy atom. The molecule has 0 spiro atoms. The predicted octanol–water partition coefficient (Wildman–Crippen LogP) is 4.95. The topological polar surface area (TPSA) is 152 Å². The first kappa shape index (κ1) is 43.7. The summed E-state index contributed by atoms with van der Waals surface area (Å²) >= 11 is 0. The number of hydrogen-bond donors (Lipinski definition) is 4. The van der Waals surface area contributed by atoms with Crippen LogP contribution in [0.5, 0.6) is 0 Å². The van der Waals surface area contributed by atoms with E-state index >= 15 is 0 Å². The fraction of sp³-hybridized carbons (Fsp3) is 0.619. The Bertz CT molecular complexity index is 1560.